The van der Waals surface area contributed by atoms with Gasteiger partial charge < -0.3 is 10.6 Å². The molecule has 0 fully saturated rings. The van der Waals surface area contributed by atoms with Crippen molar-refractivity contribution in [1.29, 1.82) is 0 Å². The topological polar surface area (TPSA) is 84.0 Å². The summed E-state index contributed by atoms with van der Waals surface area (Å²) in [4.78, 5) is 32.2. The summed E-state index contributed by atoms with van der Waals surface area (Å²) in [5, 5.41) is 5.51. The van der Waals surface area contributed by atoms with Crippen LogP contribution in [0.2, 0.25) is 0 Å². The summed E-state index contributed by atoms with van der Waals surface area (Å²) >= 11 is 3.28. The Labute approximate surface area is 152 Å². The van der Waals surface area contributed by atoms with E-state index in [9.17, 15) is 9.59 Å². The monoisotopic (exact) mass is 396 g/mol. The fourth-order valence-corrected chi connectivity index (χ4v) is 2.45. The molecule has 0 radical (unpaired) electrons. The lowest BCUT2D eigenvalue weighted by Gasteiger charge is -2.07. The van der Waals surface area contributed by atoms with Crippen molar-refractivity contribution < 1.29 is 9.59 Å². The SMILES string of the molecule is O=C(Nc1cccnc1)c1ccc(NC(=O)c2cncc(Br)c2)cc1. The molecular weight excluding hydrogens is 384 g/mol. The van der Waals surface area contributed by atoms with E-state index in [1.807, 2.05) is 0 Å². The fraction of sp³-hybridized carbons (Fsp3) is 0. The number of aromatic nitrogens is 2. The van der Waals surface area contributed by atoms with Crippen LogP contribution in [-0.2, 0) is 0 Å². The summed E-state index contributed by atoms with van der Waals surface area (Å²) in [7, 11) is 0. The molecule has 0 saturated heterocycles. The van der Waals surface area contributed by atoms with Crippen LogP contribution >= 0.6 is 15.9 Å². The first-order valence-corrected chi connectivity index (χ1v) is 8.14. The molecule has 25 heavy (non-hydrogen) atoms. The van der Waals surface area contributed by atoms with E-state index in [4.69, 9.17) is 0 Å². The van der Waals surface area contributed by atoms with Gasteiger partial charge in [0, 0.05) is 34.3 Å². The van der Waals surface area contributed by atoms with Crippen LogP contribution in [-0.4, -0.2) is 21.8 Å². The van der Waals surface area contributed by atoms with Crippen LogP contribution in [0.1, 0.15) is 20.7 Å². The second-order valence-electron chi connectivity index (χ2n) is 5.12. The van der Waals surface area contributed by atoms with E-state index >= 15 is 0 Å². The molecule has 3 rings (SSSR count). The molecule has 0 aliphatic heterocycles. The number of hydrogen-bond donors (Lipinski definition) is 2. The quantitative estimate of drug-likeness (QED) is 0.703. The number of carbonyl (C=O) groups is 2. The van der Waals surface area contributed by atoms with Crippen molar-refractivity contribution in [3.8, 4) is 0 Å². The minimum absolute atomic E-state index is 0.248. The molecule has 2 amide bonds. The predicted molar refractivity (Wildman–Crippen MR) is 98.5 cm³/mol. The number of carbonyl (C=O) groups excluding carboxylic acids is 2. The van der Waals surface area contributed by atoms with Crippen LogP contribution in [0.25, 0.3) is 0 Å². The molecule has 0 unspecified atom stereocenters. The van der Waals surface area contributed by atoms with Crippen LogP contribution < -0.4 is 10.6 Å². The van der Waals surface area contributed by atoms with Crippen molar-refractivity contribution in [2.45, 2.75) is 0 Å². The number of hydrogen-bond acceptors (Lipinski definition) is 4. The van der Waals surface area contributed by atoms with Gasteiger partial charge in [-0.05, 0) is 58.4 Å². The highest BCUT2D eigenvalue weighted by Gasteiger charge is 2.09. The van der Waals surface area contributed by atoms with Gasteiger partial charge >= 0.3 is 0 Å². The highest BCUT2D eigenvalue weighted by Crippen LogP contribution is 2.15. The molecular formula is C18H13BrN4O2. The molecule has 0 spiro atoms. The molecule has 0 aliphatic carbocycles. The number of halogens is 1. The van der Waals surface area contributed by atoms with Crippen LogP contribution in [0.5, 0.6) is 0 Å². The molecule has 0 bridgehead atoms. The Morgan fingerprint density at radius 2 is 1.52 bits per heavy atom. The average Bonchev–Trinajstić information content (AvgIpc) is 2.63. The third-order valence-electron chi connectivity index (χ3n) is 3.29. The first-order chi connectivity index (χ1) is 12.1. The van der Waals surface area contributed by atoms with Gasteiger partial charge in [0.25, 0.3) is 11.8 Å². The highest BCUT2D eigenvalue weighted by atomic mass is 79.9. The number of nitrogens with one attached hydrogen (secondary N) is 2. The van der Waals surface area contributed by atoms with Crippen molar-refractivity contribution in [1.82, 2.24) is 9.97 Å². The van der Waals surface area contributed by atoms with Gasteiger partial charge in [0.05, 0.1) is 17.4 Å². The molecule has 0 atom stereocenters. The van der Waals surface area contributed by atoms with Crippen molar-refractivity contribution in [3.05, 3.63) is 82.9 Å². The molecule has 2 N–H and O–H groups in total. The number of pyridine rings is 2. The van der Waals surface area contributed by atoms with Crippen LogP contribution in [0.15, 0.2) is 71.7 Å². The minimum Gasteiger partial charge on any atom is -0.322 e. The number of nitrogens with zero attached hydrogens (tertiary/aromatic N) is 2. The zero-order valence-corrected chi connectivity index (χ0v) is 14.5. The molecule has 2 aromatic heterocycles. The maximum Gasteiger partial charge on any atom is 0.257 e. The predicted octanol–water partition coefficient (Wildman–Crippen LogP) is 3.74. The van der Waals surface area contributed by atoms with E-state index in [1.54, 1.807) is 61.1 Å². The van der Waals surface area contributed by atoms with E-state index in [-0.39, 0.29) is 11.8 Å². The van der Waals surface area contributed by atoms with Gasteiger partial charge in [0.15, 0.2) is 0 Å². The summed E-state index contributed by atoms with van der Waals surface area (Å²) in [5.41, 5.74) is 2.12. The number of amides is 2. The van der Waals surface area contributed by atoms with Crippen LogP contribution in [0.3, 0.4) is 0 Å². The van der Waals surface area contributed by atoms with E-state index in [0.717, 1.165) is 4.47 Å². The lowest BCUT2D eigenvalue weighted by molar-refractivity contribution is 0.101. The van der Waals surface area contributed by atoms with Crippen molar-refractivity contribution in [2.75, 3.05) is 10.6 Å². The second-order valence-corrected chi connectivity index (χ2v) is 6.03. The zero-order chi connectivity index (χ0) is 17.6. The first-order valence-electron chi connectivity index (χ1n) is 7.35. The highest BCUT2D eigenvalue weighted by molar-refractivity contribution is 9.10. The van der Waals surface area contributed by atoms with Crippen molar-refractivity contribution >= 4 is 39.1 Å². The summed E-state index contributed by atoms with van der Waals surface area (Å²) in [6, 6.07) is 11.8. The molecule has 2 heterocycles. The summed E-state index contributed by atoms with van der Waals surface area (Å²) in [6.07, 6.45) is 6.29. The number of benzene rings is 1. The lowest BCUT2D eigenvalue weighted by Crippen LogP contribution is -2.14. The fourth-order valence-electron chi connectivity index (χ4n) is 2.08. The Morgan fingerprint density at radius 1 is 0.800 bits per heavy atom. The van der Waals surface area contributed by atoms with Crippen LogP contribution in [0.4, 0.5) is 11.4 Å². The summed E-state index contributed by atoms with van der Waals surface area (Å²) in [5.74, 6) is -0.525. The first kappa shape index (κ1) is 16.8. The minimum atomic E-state index is -0.277. The largest absolute Gasteiger partial charge is 0.322 e. The lowest BCUT2D eigenvalue weighted by atomic mass is 10.2. The van der Waals surface area contributed by atoms with Gasteiger partial charge in [-0.3, -0.25) is 19.6 Å². The van der Waals surface area contributed by atoms with E-state index in [2.05, 4.69) is 36.5 Å². The number of rotatable bonds is 4. The Hall–Kier alpha value is -3.06. The maximum absolute atomic E-state index is 12.2. The van der Waals surface area contributed by atoms with Gasteiger partial charge in [-0.1, -0.05) is 0 Å². The molecule has 1 aromatic carbocycles. The molecule has 124 valence electrons. The van der Waals surface area contributed by atoms with Gasteiger partial charge in [0.1, 0.15) is 0 Å². The normalized spacial score (nSPS) is 10.1. The molecule has 0 aliphatic rings. The smallest absolute Gasteiger partial charge is 0.257 e. The van der Waals surface area contributed by atoms with Gasteiger partial charge in [-0.2, -0.15) is 0 Å². The maximum atomic E-state index is 12.2. The second kappa shape index (κ2) is 7.67. The molecule has 6 nitrogen and oxygen atoms in total. The standard InChI is InChI=1S/C18H13BrN4O2/c19-14-8-13(9-21-10-14)18(25)22-15-5-3-12(4-6-15)17(24)23-16-2-1-7-20-11-16/h1-11H,(H,22,25)(H,23,24). The number of anilines is 2. The third-order valence-corrected chi connectivity index (χ3v) is 3.73. The Kier molecular flexibility index (Phi) is 5.15. The molecule has 3 aromatic rings. The third kappa shape index (κ3) is 4.48. The Morgan fingerprint density at radius 3 is 2.20 bits per heavy atom. The molecule has 7 heteroatoms. The van der Waals surface area contributed by atoms with Crippen molar-refractivity contribution in [2.24, 2.45) is 0 Å². The Balaban J connectivity index is 1.66. The van der Waals surface area contributed by atoms with Crippen molar-refractivity contribution in [3.63, 3.8) is 0 Å². The van der Waals surface area contributed by atoms with E-state index in [0.29, 0.717) is 22.5 Å². The Bertz CT molecular complexity index is 898. The average molecular weight is 397 g/mol. The molecule has 0 saturated carbocycles. The van der Waals surface area contributed by atoms with Crippen LogP contribution in [0, 0.1) is 0 Å². The zero-order valence-electron chi connectivity index (χ0n) is 12.9. The van der Waals surface area contributed by atoms with Gasteiger partial charge in [-0.25, -0.2) is 0 Å². The summed E-state index contributed by atoms with van der Waals surface area (Å²) < 4.78 is 0.725. The van der Waals surface area contributed by atoms with Gasteiger partial charge in [-0.15, -0.1) is 0 Å². The van der Waals surface area contributed by atoms with E-state index < -0.39 is 0 Å². The summed E-state index contributed by atoms with van der Waals surface area (Å²) in [6.45, 7) is 0. The van der Waals surface area contributed by atoms with Gasteiger partial charge in [0.2, 0.25) is 0 Å². The van der Waals surface area contributed by atoms with E-state index in [1.165, 1.54) is 6.20 Å².